The van der Waals surface area contributed by atoms with Crippen molar-refractivity contribution in [3.8, 4) is 0 Å². The van der Waals surface area contributed by atoms with Gasteiger partial charge in [0.05, 0.1) is 0 Å². The first-order chi connectivity index (χ1) is 5.81. The van der Waals surface area contributed by atoms with Crippen LogP contribution in [0.2, 0.25) is 0 Å². The lowest BCUT2D eigenvalue weighted by Crippen LogP contribution is -2.30. The molecule has 0 aromatic carbocycles. The molecule has 0 aromatic heterocycles. The summed E-state index contributed by atoms with van der Waals surface area (Å²) in [7, 11) is 0. The molecule has 0 rings (SSSR count). The first-order valence-corrected chi connectivity index (χ1v) is 4.78. The topological polar surface area (TPSA) is 46.3 Å². The lowest BCUT2D eigenvalue weighted by atomic mass is 10.1. The minimum absolute atomic E-state index is 0.673. The molecule has 12 heavy (non-hydrogen) atoms. The van der Waals surface area contributed by atoms with Crippen LogP contribution in [0.25, 0.3) is 0 Å². The second-order valence-corrected chi connectivity index (χ2v) is 3.11. The standard InChI is InChI=1S/C9H20N2O/c1-2-3-4-5-6-7-8-11(10)9-12/h9H,2-8,10H2,1H3. The van der Waals surface area contributed by atoms with Crippen LogP contribution in [0.5, 0.6) is 0 Å². The molecule has 0 aliphatic rings. The summed E-state index contributed by atoms with van der Waals surface area (Å²) >= 11 is 0. The Labute approximate surface area is 74.9 Å². The molecule has 72 valence electrons. The van der Waals surface area contributed by atoms with Crippen molar-refractivity contribution in [3.05, 3.63) is 0 Å². The predicted octanol–water partition coefficient (Wildman–Crippen LogP) is 1.68. The third-order valence-corrected chi connectivity index (χ3v) is 1.91. The number of nitrogens with zero attached hydrogens (tertiary/aromatic N) is 1. The summed E-state index contributed by atoms with van der Waals surface area (Å²) in [5, 5.41) is 1.21. The molecule has 0 fully saturated rings. The number of hydrogen-bond acceptors (Lipinski definition) is 2. The summed E-state index contributed by atoms with van der Waals surface area (Å²) in [6.07, 6.45) is 8.05. The number of hydrazine groups is 1. The number of unbranched alkanes of at least 4 members (excludes halogenated alkanes) is 5. The number of carbonyl (C=O) groups excluding carboxylic acids is 1. The molecule has 1 amide bonds. The fourth-order valence-corrected chi connectivity index (χ4v) is 1.13. The molecule has 0 aliphatic carbocycles. The van der Waals surface area contributed by atoms with Gasteiger partial charge in [-0.1, -0.05) is 39.0 Å². The van der Waals surface area contributed by atoms with Gasteiger partial charge in [0, 0.05) is 6.54 Å². The second-order valence-electron chi connectivity index (χ2n) is 3.11. The Morgan fingerprint density at radius 3 is 2.33 bits per heavy atom. The SMILES string of the molecule is CCCCCCCCN(N)C=O. The highest BCUT2D eigenvalue weighted by molar-refractivity contribution is 5.45. The number of amides is 1. The fourth-order valence-electron chi connectivity index (χ4n) is 1.13. The van der Waals surface area contributed by atoms with Gasteiger partial charge in [-0.3, -0.25) is 9.80 Å². The Morgan fingerprint density at radius 2 is 1.75 bits per heavy atom. The summed E-state index contributed by atoms with van der Waals surface area (Å²) in [6, 6.07) is 0. The number of rotatable bonds is 8. The molecule has 0 aromatic rings. The first-order valence-electron chi connectivity index (χ1n) is 4.78. The van der Waals surface area contributed by atoms with Crippen LogP contribution in [-0.4, -0.2) is 18.0 Å². The number of nitrogens with two attached hydrogens (primary N) is 1. The van der Waals surface area contributed by atoms with E-state index < -0.39 is 0 Å². The average Bonchev–Trinajstić information content (AvgIpc) is 2.10. The molecule has 0 bridgehead atoms. The van der Waals surface area contributed by atoms with Gasteiger partial charge in [-0.05, 0) is 6.42 Å². The van der Waals surface area contributed by atoms with Crippen molar-refractivity contribution in [2.75, 3.05) is 6.54 Å². The predicted molar refractivity (Wildman–Crippen MR) is 50.3 cm³/mol. The van der Waals surface area contributed by atoms with Crippen LogP contribution >= 0.6 is 0 Å². The molecule has 0 saturated heterocycles. The highest BCUT2D eigenvalue weighted by Gasteiger charge is 1.93. The van der Waals surface area contributed by atoms with Crippen LogP contribution in [0.1, 0.15) is 45.4 Å². The molecular formula is C9H20N2O. The van der Waals surface area contributed by atoms with E-state index in [0.29, 0.717) is 13.0 Å². The van der Waals surface area contributed by atoms with Crippen molar-refractivity contribution >= 4 is 6.41 Å². The van der Waals surface area contributed by atoms with Gasteiger partial charge in [0.25, 0.3) is 0 Å². The quantitative estimate of drug-likeness (QED) is 0.199. The third-order valence-electron chi connectivity index (χ3n) is 1.91. The largest absolute Gasteiger partial charge is 0.283 e. The van der Waals surface area contributed by atoms with Crippen molar-refractivity contribution < 1.29 is 4.79 Å². The van der Waals surface area contributed by atoms with Crippen LogP contribution in [0, 0.1) is 0 Å². The molecule has 0 saturated carbocycles. The molecule has 0 spiro atoms. The van der Waals surface area contributed by atoms with Crippen molar-refractivity contribution in [1.29, 1.82) is 0 Å². The van der Waals surface area contributed by atoms with E-state index in [1.54, 1.807) is 0 Å². The highest BCUT2D eigenvalue weighted by atomic mass is 16.1. The molecule has 3 heteroatoms. The van der Waals surface area contributed by atoms with Crippen LogP contribution in [0.15, 0.2) is 0 Å². The van der Waals surface area contributed by atoms with Crippen molar-refractivity contribution in [2.24, 2.45) is 5.84 Å². The molecule has 0 unspecified atom stereocenters. The molecule has 3 nitrogen and oxygen atoms in total. The minimum atomic E-state index is 0.673. The van der Waals surface area contributed by atoms with E-state index in [9.17, 15) is 4.79 Å². The van der Waals surface area contributed by atoms with E-state index in [4.69, 9.17) is 5.84 Å². The van der Waals surface area contributed by atoms with Crippen LogP contribution < -0.4 is 5.84 Å². The van der Waals surface area contributed by atoms with Crippen LogP contribution in [0.4, 0.5) is 0 Å². The maximum atomic E-state index is 10.1. The maximum absolute atomic E-state index is 10.1. The summed E-state index contributed by atoms with van der Waals surface area (Å²) in [4.78, 5) is 10.1. The van der Waals surface area contributed by atoms with E-state index in [2.05, 4.69) is 6.92 Å². The Bertz CT molecular complexity index is 107. The van der Waals surface area contributed by atoms with Crippen LogP contribution in [-0.2, 0) is 4.79 Å². The molecule has 0 radical (unpaired) electrons. The number of hydrogen-bond donors (Lipinski definition) is 1. The summed E-state index contributed by atoms with van der Waals surface area (Å²) in [5.74, 6) is 5.28. The molecular weight excluding hydrogens is 152 g/mol. The Kier molecular flexibility index (Phi) is 8.12. The van der Waals surface area contributed by atoms with Crippen LogP contribution in [0.3, 0.4) is 0 Å². The smallest absolute Gasteiger partial charge is 0.223 e. The number of carbonyl (C=O) groups is 1. The zero-order valence-corrected chi connectivity index (χ0v) is 7.96. The normalized spacial score (nSPS) is 9.83. The second kappa shape index (κ2) is 8.53. The molecule has 0 heterocycles. The van der Waals surface area contributed by atoms with E-state index in [0.717, 1.165) is 6.42 Å². The van der Waals surface area contributed by atoms with E-state index in [-0.39, 0.29) is 0 Å². The third kappa shape index (κ3) is 7.54. The lowest BCUT2D eigenvalue weighted by Gasteiger charge is -2.08. The lowest BCUT2D eigenvalue weighted by molar-refractivity contribution is -0.118. The maximum Gasteiger partial charge on any atom is 0.223 e. The minimum Gasteiger partial charge on any atom is -0.283 e. The van der Waals surface area contributed by atoms with Gasteiger partial charge in [0.2, 0.25) is 6.41 Å². The average molecular weight is 172 g/mol. The van der Waals surface area contributed by atoms with Gasteiger partial charge in [-0.15, -0.1) is 0 Å². The van der Waals surface area contributed by atoms with Crippen molar-refractivity contribution in [2.45, 2.75) is 45.4 Å². The van der Waals surface area contributed by atoms with Gasteiger partial charge in [0.15, 0.2) is 0 Å². The fraction of sp³-hybridized carbons (Fsp3) is 0.889. The summed E-state index contributed by atoms with van der Waals surface area (Å²) < 4.78 is 0. The van der Waals surface area contributed by atoms with Crippen molar-refractivity contribution in [3.63, 3.8) is 0 Å². The van der Waals surface area contributed by atoms with E-state index in [1.807, 2.05) is 0 Å². The van der Waals surface area contributed by atoms with E-state index >= 15 is 0 Å². The highest BCUT2D eigenvalue weighted by Crippen LogP contribution is 2.04. The Hall–Kier alpha value is -0.570. The first kappa shape index (κ1) is 11.4. The molecule has 0 aliphatic heterocycles. The molecule has 0 atom stereocenters. The van der Waals surface area contributed by atoms with Gasteiger partial charge in [-0.2, -0.15) is 0 Å². The van der Waals surface area contributed by atoms with Gasteiger partial charge >= 0.3 is 0 Å². The zero-order chi connectivity index (χ0) is 9.23. The zero-order valence-electron chi connectivity index (χ0n) is 7.96. The Balaban J connectivity index is 2.95. The van der Waals surface area contributed by atoms with Crippen molar-refractivity contribution in [1.82, 2.24) is 5.01 Å². The summed E-state index contributed by atoms with van der Waals surface area (Å²) in [6.45, 7) is 2.89. The monoisotopic (exact) mass is 172 g/mol. The van der Waals surface area contributed by atoms with Gasteiger partial charge < -0.3 is 0 Å². The summed E-state index contributed by atoms with van der Waals surface area (Å²) in [5.41, 5.74) is 0. The van der Waals surface area contributed by atoms with Gasteiger partial charge in [0.1, 0.15) is 0 Å². The Morgan fingerprint density at radius 1 is 1.17 bits per heavy atom. The van der Waals surface area contributed by atoms with E-state index in [1.165, 1.54) is 37.1 Å². The molecule has 2 N–H and O–H groups in total. The van der Waals surface area contributed by atoms with Gasteiger partial charge in [-0.25, -0.2) is 5.84 Å².